The molecule has 198 valence electrons. The average Bonchev–Trinajstić information content (AvgIpc) is 3.24. The molecule has 0 unspecified atom stereocenters. The van der Waals surface area contributed by atoms with E-state index >= 15 is 0 Å². The highest BCUT2D eigenvalue weighted by Gasteiger charge is 2.37. The van der Waals surface area contributed by atoms with Gasteiger partial charge < -0.3 is 19.4 Å². The molecule has 1 atom stereocenters. The van der Waals surface area contributed by atoms with E-state index in [-0.39, 0.29) is 17.7 Å². The lowest BCUT2D eigenvalue weighted by molar-refractivity contribution is -0.274. The van der Waals surface area contributed by atoms with Crippen molar-refractivity contribution in [2.45, 2.75) is 25.0 Å². The lowest BCUT2D eigenvalue weighted by Crippen LogP contribution is -2.40. The van der Waals surface area contributed by atoms with E-state index in [0.29, 0.717) is 17.9 Å². The molecule has 0 radical (unpaired) electrons. The third kappa shape index (κ3) is 4.88. The van der Waals surface area contributed by atoms with Gasteiger partial charge in [-0.25, -0.2) is 0 Å². The third-order valence-electron chi connectivity index (χ3n) is 6.46. The first-order chi connectivity index (χ1) is 17.9. The summed E-state index contributed by atoms with van der Waals surface area (Å²) < 4.78 is 87.5. The largest absolute Gasteiger partial charge is 0.573 e. The summed E-state index contributed by atoms with van der Waals surface area (Å²) >= 11 is 0. The first kappa shape index (κ1) is 25.5. The highest BCUT2D eigenvalue weighted by molar-refractivity contribution is 5.96. The van der Waals surface area contributed by atoms with Gasteiger partial charge in [0.15, 0.2) is 0 Å². The second-order valence-electron chi connectivity index (χ2n) is 8.78. The molecule has 2 heterocycles. The molecule has 0 spiro atoms. The molecule has 5 nitrogen and oxygen atoms in total. The van der Waals surface area contributed by atoms with Gasteiger partial charge in [0, 0.05) is 28.7 Å². The maximum absolute atomic E-state index is 13.6. The van der Waals surface area contributed by atoms with Crippen molar-refractivity contribution < 1.29 is 40.6 Å². The van der Waals surface area contributed by atoms with E-state index in [4.69, 9.17) is 4.74 Å². The number of methoxy groups -OCH3 is 1. The van der Waals surface area contributed by atoms with Crippen LogP contribution in [0.4, 0.5) is 26.3 Å². The lowest BCUT2D eigenvalue weighted by atomic mass is 9.91. The van der Waals surface area contributed by atoms with Crippen molar-refractivity contribution in [1.29, 1.82) is 0 Å². The van der Waals surface area contributed by atoms with Crippen LogP contribution in [0.5, 0.6) is 11.5 Å². The molecule has 11 heteroatoms. The summed E-state index contributed by atoms with van der Waals surface area (Å²) in [5, 5.41) is 0.831. The Hall–Kier alpha value is -4.15. The van der Waals surface area contributed by atoms with Crippen molar-refractivity contribution >= 4 is 16.8 Å². The smallest absolute Gasteiger partial charge is 0.497 e. The van der Waals surface area contributed by atoms with Crippen LogP contribution in [-0.4, -0.2) is 35.8 Å². The number of ether oxygens (including phenoxy) is 2. The highest BCUT2D eigenvalue weighted by atomic mass is 19.4. The number of alkyl halides is 6. The summed E-state index contributed by atoms with van der Waals surface area (Å²) in [6.45, 7) is 0.164. The van der Waals surface area contributed by atoms with Gasteiger partial charge in [0.1, 0.15) is 11.5 Å². The Kier molecular flexibility index (Phi) is 6.24. The van der Waals surface area contributed by atoms with Gasteiger partial charge in [-0.1, -0.05) is 12.1 Å². The molecule has 1 N–H and O–H groups in total. The van der Waals surface area contributed by atoms with Crippen molar-refractivity contribution in [3.8, 4) is 11.5 Å². The Balaban J connectivity index is 1.60. The Labute approximate surface area is 212 Å². The summed E-state index contributed by atoms with van der Waals surface area (Å²) in [6, 6.07) is 13.6. The van der Waals surface area contributed by atoms with Gasteiger partial charge in [0.25, 0.3) is 5.91 Å². The lowest BCUT2D eigenvalue weighted by Gasteiger charge is -2.36. The van der Waals surface area contributed by atoms with Gasteiger partial charge >= 0.3 is 12.5 Å². The Morgan fingerprint density at radius 1 is 0.947 bits per heavy atom. The number of hydrogen-bond acceptors (Lipinski definition) is 3. The van der Waals surface area contributed by atoms with Crippen molar-refractivity contribution in [2.24, 2.45) is 0 Å². The number of halogens is 6. The monoisotopic (exact) mass is 534 g/mol. The molecule has 3 aromatic carbocycles. The zero-order valence-corrected chi connectivity index (χ0v) is 19.8. The van der Waals surface area contributed by atoms with Crippen molar-refractivity contribution in [1.82, 2.24) is 9.88 Å². The molecule has 0 aliphatic carbocycles. The Morgan fingerprint density at radius 3 is 2.32 bits per heavy atom. The molecule has 1 aliphatic heterocycles. The van der Waals surface area contributed by atoms with E-state index in [1.165, 1.54) is 36.3 Å². The second kappa shape index (κ2) is 9.30. The fourth-order valence-corrected chi connectivity index (χ4v) is 4.81. The minimum atomic E-state index is -4.89. The topological polar surface area (TPSA) is 54.6 Å². The molecule has 1 aliphatic rings. The van der Waals surface area contributed by atoms with Gasteiger partial charge in [-0.05, 0) is 72.1 Å². The first-order valence-electron chi connectivity index (χ1n) is 11.5. The van der Waals surface area contributed by atoms with Crippen LogP contribution < -0.4 is 9.47 Å². The number of benzene rings is 3. The molecule has 0 saturated heterocycles. The minimum Gasteiger partial charge on any atom is -0.497 e. The van der Waals surface area contributed by atoms with Gasteiger partial charge in [-0.15, -0.1) is 13.2 Å². The van der Waals surface area contributed by atoms with E-state index in [0.717, 1.165) is 40.7 Å². The fourth-order valence-electron chi connectivity index (χ4n) is 4.81. The van der Waals surface area contributed by atoms with Crippen molar-refractivity contribution in [3.63, 3.8) is 0 Å². The van der Waals surface area contributed by atoms with Gasteiger partial charge in [-0.2, -0.15) is 13.2 Å². The van der Waals surface area contributed by atoms with E-state index < -0.39 is 35.8 Å². The van der Waals surface area contributed by atoms with Gasteiger partial charge in [0.05, 0.1) is 18.7 Å². The van der Waals surface area contributed by atoms with Gasteiger partial charge in [0.2, 0.25) is 0 Å². The second-order valence-corrected chi connectivity index (χ2v) is 8.78. The SMILES string of the molecule is COc1ccc2[nH]c3c(c2c1)CCN(C(=O)c1ccc(OC(F)(F)F)cc1)[C@@H]3c1cccc(C(F)(F)F)c1. The van der Waals surface area contributed by atoms with Crippen LogP contribution >= 0.6 is 0 Å². The van der Waals surface area contributed by atoms with E-state index in [1.807, 2.05) is 6.07 Å². The van der Waals surface area contributed by atoms with Crippen LogP contribution in [0, 0.1) is 0 Å². The number of carbonyl (C=O) groups excluding carboxylic acids is 1. The standard InChI is InChI=1S/C27H20F6N2O3/c1-37-19-9-10-22-21(14-19)20-11-12-35(25(36)15-5-7-18(8-6-15)38-27(31,32)33)24(23(20)34-22)16-3-2-4-17(13-16)26(28,29)30/h2-10,13-14,24,34H,11-12H2,1H3/t24-/m1/s1. The van der Waals surface area contributed by atoms with Crippen molar-refractivity contribution in [3.05, 3.63) is 94.7 Å². The highest BCUT2D eigenvalue weighted by Crippen LogP contribution is 2.41. The molecule has 5 rings (SSSR count). The van der Waals surface area contributed by atoms with Crippen molar-refractivity contribution in [2.75, 3.05) is 13.7 Å². The third-order valence-corrected chi connectivity index (χ3v) is 6.46. The Morgan fingerprint density at radius 2 is 1.66 bits per heavy atom. The molecule has 0 saturated carbocycles. The number of nitrogens with zero attached hydrogens (tertiary/aromatic N) is 1. The van der Waals surface area contributed by atoms with E-state index in [1.54, 1.807) is 12.1 Å². The number of aromatic nitrogens is 1. The molecule has 1 aromatic heterocycles. The fraction of sp³-hybridized carbons (Fsp3) is 0.222. The number of H-pyrrole nitrogens is 1. The Bertz CT molecular complexity index is 1490. The number of fused-ring (bicyclic) bond motifs is 3. The van der Waals surface area contributed by atoms with Crippen LogP contribution in [0.1, 0.15) is 38.8 Å². The summed E-state index contributed by atoms with van der Waals surface area (Å²) in [4.78, 5) is 18.3. The molecule has 0 fully saturated rings. The number of rotatable bonds is 4. The molecule has 38 heavy (non-hydrogen) atoms. The number of amides is 1. The van der Waals surface area contributed by atoms with Crippen LogP contribution in [-0.2, 0) is 12.6 Å². The normalized spacial score (nSPS) is 15.9. The number of aromatic amines is 1. The van der Waals surface area contributed by atoms with Crippen LogP contribution in [0.25, 0.3) is 10.9 Å². The summed E-state index contributed by atoms with van der Waals surface area (Å²) in [5.41, 5.74) is 1.59. The zero-order chi connectivity index (χ0) is 27.2. The summed E-state index contributed by atoms with van der Waals surface area (Å²) in [7, 11) is 1.52. The first-order valence-corrected chi connectivity index (χ1v) is 11.5. The molecule has 4 aromatic rings. The molecular weight excluding hydrogens is 514 g/mol. The van der Waals surface area contributed by atoms with E-state index in [9.17, 15) is 31.1 Å². The predicted molar refractivity (Wildman–Crippen MR) is 126 cm³/mol. The quantitative estimate of drug-likeness (QED) is 0.291. The van der Waals surface area contributed by atoms with E-state index in [2.05, 4.69) is 9.72 Å². The summed E-state index contributed by atoms with van der Waals surface area (Å²) in [6.07, 6.45) is -9.08. The number of hydrogen-bond donors (Lipinski definition) is 1. The minimum absolute atomic E-state index is 0.0673. The van der Waals surface area contributed by atoms with Gasteiger partial charge in [-0.3, -0.25) is 4.79 Å². The predicted octanol–water partition coefficient (Wildman–Crippen LogP) is 6.88. The number of carbonyl (C=O) groups is 1. The maximum Gasteiger partial charge on any atom is 0.573 e. The average molecular weight is 534 g/mol. The number of nitrogens with one attached hydrogen (secondary N) is 1. The summed E-state index contributed by atoms with van der Waals surface area (Å²) in [5.74, 6) is -0.434. The zero-order valence-electron chi connectivity index (χ0n) is 19.8. The maximum atomic E-state index is 13.6. The molecular formula is C27H20F6N2O3. The van der Waals surface area contributed by atoms with Crippen LogP contribution in [0.2, 0.25) is 0 Å². The van der Waals surface area contributed by atoms with Crippen LogP contribution in [0.15, 0.2) is 66.7 Å². The van der Waals surface area contributed by atoms with Crippen LogP contribution in [0.3, 0.4) is 0 Å². The molecule has 0 bridgehead atoms. The molecule has 1 amide bonds.